The van der Waals surface area contributed by atoms with Gasteiger partial charge >= 0.3 is 0 Å². The molecule has 1 aliphatic carbocycles. The van der Waals surface area contributed by atoms with E-state index >= 15 is 0 Å². The predicted octanol–water partition coefficient (Wildman–Crippen LogP) is 20.4. The molecule has 2 heteroatoms. The summed E-state index contributed by atoms with van der Waals surface area (Å²) in [6.45, 7) is 0. The van der Waals surface area contributed by atoms with Gasteiger partial charge in [0.2, 0.25) is 0 Å². The molecular formula is C77H52N2. The Hall–Kier alpha value is -10.3. The van der Waals surface area contributed by atoms with Crippen LogP contribution in [0.2, 0.25) is 0 Å². The number of fused-ring (bicyclic) bond motifs is 7. The van der Waals surface area contributed by atoms with Gasteiger partial charge in [-0.05, 0) is 168 Å². The third-order valence-electron chi connectivity index (χ3n) is 16.4. The fraction of sp³-hybridized carbons (Fsp3) is 0.0130. The average Bonchev–Trinajstić information content (AvgIpc) is 4.05. The fourth-order valence-corrected chi connectivity index (χ4v) is 12.8. The molecule has 1 heterocycles. The first kappa shape index (κ1) is 46.1. The van der Waals surface area contributed by atoms with E-state index < -0.39 is 5.41 Å². The van der Waals surface area contributed by atoms with E-state index in [2.05, 4.69) is 325 Å². The van der Waals surface area contributed by atoms with Gasteiger partial charge in [-0.15, -0.1) is 0 Å². The molecule has 2 nitrogen and oxygen atoms in total. The van der Waals surface area contributed by atoms with Crippen molar-refractivity contribution in [3.8, 4) is 61.3 Å². The first-order chi connectivity index (χ1) is 39.2. The molecular weight excluding hydrogens is 953 g/mol. The van der Waals surface area contributed by atoms with Crippen LogP contribution in [0, 0.1) is 0 Å². The van der Waals surface area contributed by atoms with E-state index in [1.165, 1.54) is 93.8 Å². The SMILES string of the molecule is c1ccc(-c2ccc(-c3cc(-c4ccc5ccccc5c4)cc(-n4c5ccccc5c5cc(-c6cccc(N(c7ccccc7)c7ccc8c(c7)C(c7ccccc7)(c7ccccc7)c7ccccc7-8)c6)ccc54)c3)cc2)cc1. The van der Waals surface area contributed by atoms with Crippen molar-refractivity contribution in [3.63, 3.8) is 0 Å². The first-order valence-electron chi connectivity index (χ1n) is 27.3. The molecule has 15 rings (SSSR count). The zero-order valence-corrected chi connectivity index (χ0v) is 43.4. The molecule has 0 N–H and O–H groups in total. The lowest BCUT2D eigenvalue weighted by molar-refractivity contribution is 0.768. The molecule has 13 aromatic carbocycles. The van der Waals surface area contributed by atoms with E-state index in [0.717, 1.165) is 39.4 Å². The molecule has 0 atom stereocenters. The predicted molar refractivity (Wildman–Crippen MR) is 332 cm³/mol. The zero-order chi connectivity index (χ0) is 52.3. The summed E-state index contributed by atoms with van der Waals surface area (Å²) in [6, 6.07) is 116. The zero-order valence-electron chi connectivity index (χ0n) is 43.4. The van der Waals surface area contributed by atoms with Gasteiger partial charge in [-0.2, -0.15) is 0 Å². The van der Waals surface area contributed by atoms with Crippen LogP contribution in [-0.2, 0) is 5.41 Å². The summed E-state index contributed by atoms with van der Waals surface area (Å²) in [6.07, 6.45) is 0. The number of hydrogen-bond donors (Lipinski definition) is 0. The molecule has 370 valence electrons. The van der Waals surface area contributed by atoms with E-state index in [9.17, 15) is 0 Å². The van der Waals surface area contributed by atoms with Crippen molar-refractivity contribution in [1.82, 2.24) is 4.57 Å². The standard InChI is InChI=1S/C77H52N2/c1-5-20-53(21-6-1)55-36-38-56(39-37-55)61-47-62(59-41-40-54-22-13-14-23-57(54)46-59)50-68(49-61)79-75-35-18-16-33-71(75)72-51-60(42-45-76(72)79)58-24-19-31-66(48-58)78(65-29-11-4-12-30-65)67-43-44-70-69-32-15-17-34-73(69)77(74(70)52-67,63-25-7-2-8-26-63)64-27-9-3-10-28-64/h1-52H. The molecule has 1 aliphatic rings. The summed E-state index contributed by atoms with van der Waals surface area (Å²) in [7, 11) is 0. The van der Waals surface area contributed by atoms with Crippen LogP contribution in [0.25, 0.3) is 93.9 Å². The Kier molecular flexibility index (Phi) is 11.1. The van der Waals surface area contributed by atoms with E-state index in [0.29, 0.717) is 0 Å². The van der Waals surface area contributed by atoms with Crippen molar-refractivity contribution in [1.29, 1.82) is 0 Å². The van der Waals surface area contributed by atoms with Gasteiger partial charge in [0.15, 0.2) is 0 Å². The summed E-state index contributed by atoms with van der Waals surface area (Å²) in [5.74, 6) is 0. The Morgan fingerprint density at radius 3 is 1.52 bits per heavy atom. The van der Waals surface area contributed by atoms with Crippen molar-refractivity contribution < 1.29 is 0 Å². The van der Waals surface area contributed by atoms with Gasteiger partial charge in [-0.1, -0.05) is 237 Å². The van der Waals surface area contributed by atoms with Gasteiger partial charge in [0, 0.05) is 33.5 Å². The van der Waals surface area contributed by atoms with Gasteiger partial charge in [0.1, 0.15) is 0 Å². The molecule has 0 saturated carbocycles. The van der Waals surface area contributed by atoms with Crippen LogP contribution in [0.4, 0.5) is 17.1 Å². The minimum absolute atomic E-state index is 0.517. The van der Waals surface area contributed by atoms with Crippen molar-refractivity contribution in [2.24, 2.45) is 0 Å². The Morgan fingerprint density at radius 2 is 0.759 bits per heavy atom. The highest BCUT2D eigenvalue weighted by Crippen LogP contribution is 2.57. The first-order valence-corrected chi connectivity index (χ1v) is 27.3. The van der Waals surface area contributed by atoms with Crippen LogP contribution in [-0.4, -0.2) is 4.57 Å². The fourth-order valence-electron chi connectivity index (χ4n) is 12.8. The van der Waals surface area contributed by atoms with Crippen LogP contribution >= 0.6 is 0 Å². The van der Waals surface area contributed by atoms with Crippen molar-refractivity contribution in [3.05, 3.63) is 338 Å². The molecule has 0 saturated heterocycles. The number of hydrogen-bond acceptors (Lipinski definition) is 1. The highest BCUT2D eigenvalue weighted by atomic mass is 15.1. The van der Waals surface area contributed by atoms with Crippen LogP contribution in [0.5, 0.6) is 0 Å². The molecule has 79 heavy (non-hydrogen) atoms. The Morgan fingerprint density at radius 1 is 0.253 bits per heavy atom. The topological polar surface area (TPSA) is 8.17 Å². The monoisotopic (exact) mass is 1000 g/mol. The lowest BCUT2D eigenvalue weighted by Crippen LogP contribution is -2.28. The third-order valence-corrected chi connectivity index (χ3v) is 16.4. The molecule has 0 spiro atoms. The second-order valence-electron chi connectivity index (χ2n) is 20.8. The van der Waals surface area contributed by atoms with Gasteiger partial charge in [0.25, 0.3) is 0 Å². The number of anilines is 3. The highest BCUT2D eigenvalue weighted by Gasteiger charge is 2.46. The summed E-state index contributed by atoms with van der Waals surface area (Å²) in [5, 5.41) is 4.88. The van der Waals surface area contributed by atoms with Crippen LogP contribution in [0.1, 0.15) is 22.3 Å². The molecule has 14 aromatic rings. The van der Waals surface area contributed by atoms with E-state index in [4.69, 9.17) is 0 Å². The van der Waals surface area contributed by atoms with Crippen LogP contribution in [0.15, 0.2) is 315 Å². The maximum absolute atomic E-state index is 2.46. The summed E-state index contributed by atoms with van der Waals surface area (Å²) < 4.78 is 2.46. The van der Waals surface area contributed by atoms with Crippen LogP contribution in [0.3, 0.4) is 0 Å². The molecule has 0 fully saturated rings. The van der Waals surface area contributed by atoms with Gasteiger partial charge in [0.05, 0.1) is 16.4 Å². The van der Waals surface area contributed by atoms with Crippen LogP contribution < -0.4 is 4.90 Å². The van der Waals surface area contributed by atoms with Gasteiger partial charge in [-0.3, -0.25) is 0 Å². The molecule has 0 amide bonds. The van der Waals surface area contributed by atoms with E-state index in [1.54, 1.807) is 0 Å². The number of aromatic nitrogens is 1. The number of para-hydroxylation sites is 2. The molecule has 0 radical (unpaired) electrons. The van der Waals surface area contributed by atoms with E-state index in [-0.39, 0.29) is 0 Å². The number of nitrogens with zero attached hydrogens (tertiary/aromatic N) is 2. The van der Waals surface area contributed by atoms with Crippen molar-refractivity contribution in [2.75, 3.05) is 4.90 Å². The normalized spacial score (nSPS) is 12.4. The second-order valence-corrected chi connectivity index (χ2v) is 20.8. The molecule has 0 aliphatic heterocycles. The largest absolute Gasteiger partial charge is 0.310 e. The van der Waals surface area contributed by atoms with Gasteiger partial charge in [-0.25, -0.2) is 0 Å². The Balaban J connectivity index is 0.866. The molecule has 0 unspecified atom stereocenters. The number of rotatable bonds is 10. The smallest absolute Gasteiger partial charge is 0.0714 e. The summed E-state index contributed by atoms with van der Waals surface area (Å²) >= 11 is 0. The summed E-state index contributed by atoms with van der Waals surface area (Å²) in [4.78, 5) is 2.42. The quantitative estimate of drug-likeness (QED) is 0.133. The maximum Gasteiger partial charge on any atom is 0.0714 e. The minimum atomic E-state index is -0.517. The Labute approximate surface area is 461 Å². The average molecular weight is 1010 g/mol. The van der Waals surface area contributed by atoms with E-state index in [1.807, 2.05) is 0 Å². The number of benzene rings is 13. The third kappa shape index (κ3) is 7.79. The highest BCUT2D eigenvalue weighted by molar-refractivity contribution is 6.11. The molecule has 1 aromatic heterocycles. The second kappa shape index (κ2) is 19.1. The molecule has 0 bridgehead atoms. The Bertz CT molecular complexity index is 4540. The van der Waals surface area contributed by atoms with Crippen molar-refractivity contribution >= 4 is 49.6 Å². The van der Waals surface area contributed by atoms with Gasteiger partial charge < -0.3 is 9.47 Å². The summed E-state index contributed by atoms with van der Waals surface area (Å²) in [5.41, 5.74) is 23.2. The minimum Gasteiger partial charge on any atom is -0.310 e. The van der Waals surface area contributed by atoms with Crippen molar-refractivity contribution in [2.45, 2.75) is 5.41 Å². The lowest BCUT2D eigenvalue weighted by Gasteiger charge is -2.35. The lowest BCUT2D eigenvalue weighted by atomic mass is 9.67. The maximum atomic E-state index is 2.46.